The van der Waals surface area contributed by atoms with Crippen molar-refractivity contribution in [2.24, 2.45) is 0 Å². The molecule has 0 saturated carbocycles. The Kier molecular flexibility index (Phi) is 8.34. The van der Waals surface area contributed by atoms with E-state index >= 15 is 0 Å². The molecule has 0 aliphatic carbocycles. The summed E-state index contributed by atoms with van der Waals surface area (Å²) in [6.45, 7) is 7.90. The number of anilines is 1. The maximum absolute atomic E-state index is 13.5. The van der Waals surface area contributed by atoms with Crippen molar-refractivity contribution >= 4 is 21.6 Å². The average molecular weight is 481 g/mol. The molecule has 0 unspecified atom stereocenters. The van der Waals surface area contributed by atoms with Gasteiger partial charge in [0, 0.05) is 0 Å². The number of hydrogen-bond acceptors (Lipinski definition) is 4. The van der Waals surface area contributed by atoms with Gasteiger partial charge < -0.3 is 10.1 Å². The fraction of sp³-hybridized carbons (Fsp3) is 0.296. The van der Waals surface area contributed by atoms with Gasteiger partial charge in [0.15, 0.2) is 0 Å². The third-order valence-corrected chi connectivity index (χ3v) is 7.39. The van der Waals surface area contributed by atoms with Gasteiger partial charge in [-0.1, -0.05) is 48.9 Å². The molecule has 3 aromatic rings. The Labute approximate surface area is 202 Å². The molecular formula is C27H32N2O4S. The molecule has 0 radical (unpaired) electrons. The zero-order chi connectivity index (χ0) is 24.7. The topological polar surface area (TPSA) is 75.7 Å². The second-order valence-corrected chi connectivity index (χ2v) is 10.00. The first kappa shape index (κ1) is 25.3. The maximum Gasteiger partial charge on any atom is 0.264 e. The molecule has 0 aliphatic heterocycles. The lowest BCUT2D eigenvalue weighted by atomic mass is 10.1. The summed E-state index contributed by atoms with van der Waals surface area (Å²) >= 11 is 0. The van der Waals surface area contributed by atoms with Crippen LogP contribution in [-0.2, 0) is 21.2 Å². The van der Waals surface area contributed by atoms with E-state index in [4.69, 9.17) is 4.74 Å². The first-order valence-electron chi connectivity index (χ1n) is 11.4. The largest absolute Gasteiger partial charge is 0.494 e. The van der Waals surface area contributed by atoms with Crippen LogP contribution in [0.2, 0.25) is 0 Å². The number of sulfonamides is 1. The second-order valence-electron chi connectivity index (χ2n) is 8.14. The quantitative estimate of drug-likeness (QED) is 0.442. The zero-order valence-electron chi connectivity index (χ0n) is 20.1. The fourth-order valence-electron chi connectivity index (χ4n) is 3.57. The van der Waals surface area contributed by atoms with E-state index in [9.17, 15) is 13.2 Å². The van der Waals surface area contributed by atoms with E-state index < -0.39 is 15.9 Å². The van der Waals surface area contributed by atoms with Crippen molar-refractivity contribution in [2.75, 3.05) is 17.5 Å². The fourth-order valence-corrected chi connectivity index (χ4v) is 4.99. The summed E-state index contributed by atoms with van der Waals surface area (Å²) in [6, 6.07) is 21.1. The molecule has 0 aromatic heterocycles. The number of rotatable bonds is 10. The lowest BCUT2D eigenvalue weighted by Crippen LogP contribution is -2.41. The van der Waals surface area contributed by atoms with Crippen LogP contribution in [0.3, 0.4) is 0 Å². The average Bonchev–Trinajstić information content (AvgIpc) is 2.83. The van der Waals surface area contributed by atoms with Crippen LogP contribution < -0.4 is 14.4 Å². The summed E-state index contributed by atoms with van der Waals surface area (Å²) in [6.07, 6.45) is 0.939. The number of hydrogen-bond donors (Lipinski definition) is 1. The Balaban J connectivity index is 1.86. The van der Waals surface area contributed by atoms with Gasteiger partial charge in [-0.05, 0) is 74.7 Å². The van der Waals surface area contributed by atoms with Gasteiger partial charge in [-0.3, -0.25) is 9.10 Å². The number of carbonyl (C=O) groups excluding carboxylic acids is 1. The molecule has 0 heterocycles. The molecule has 0 aliphatic rings. The summed E-state index contributed by atoms with van der Waals surface area (Å²) in [4.78, 5) is 13.1. The number of amides is 1. The van der Waals surface area contributed by atoms with Gasteiger partial charge in [0.1, 0.15) is 12.3 Å². The predicted molar refractivity (Wildman–Crippen MR) is 136 cm³/mol. The van der Waals surface area contributed by atoms with Crippen LogP contribution in [0.1, 0.15) is 43.5 Å². The second kappa shape index (κ2) is 11.2. The van der Waals surface area contributed by atoms with Gasteiger partial charge in [0.05, 0.1) is 23.2 Å². The number of aryl methyl sites for hydroxylation is 2. The summed E-state index contributed by atoms with van der Waals surface area (Å²) < 4.78 is 33.7. The Morgan fingerprint density at radius 1 is 0.941 bits per heavy atom. The number of benzene rings is 3. The summed E-state index contributed by atoms with van der Waals surface area (Å²) in [5, 5.41) is 2.93. The highest BCUT2D eigenvalue weighted by molar-refractivity contribution is 7.92. The van der Waals surface area contributed by atoms with Gasteiger partial charge in [-0.25, -0.2) is 8.42 Å². The highest BCUT2D eigenvalue weighted by Crippen LogP contribution is 2.26. The molecule has 3 rings (SSSR count). The van der Waals surface area contributed by atoms with E-state index in [0.717, 1.165) is 21.9 Å². The van der Waals surface area contributed by atoms with Gasteiger partial charge in [0.25, 0.3) is 10.0 Å². The Hall–Kier alpha value is -3.32. The molecule has 34 heavy (non-hydrogen) atoms. The Morgan fingerprint density at radius 3 is 2.12 bits per heavy atom. The standard InChI is InChI=1S/C27H32N2O4S/c1-5-22-9-11-23(12-10-22)21(4)28-27(30)19-29(24-13-15-25(16-14-24)33-6-2)34(31,32)26-17-7-20(3)8-18-26/h7-18,21H,5-6,19H2,1-4H3,(H,28,30)/t21-/m1/s1. The third-order valence-electron chi connectivity index (χ3n) is 5.60. The Morgan fingerprint density at radius 2 is 1.56 bits per heavy atom. The molecule has 180 valence electrons. The van der Waals surface area contributed by atoms with Crippen molar-refractivity contribution in [1.29, 1.82) is 0 Å². The van der Waals surface area contributed by atoms with E-state index in [-0.39, 0.29) is 17.5 Å². The van der Waals surface area contributed by atoms with Crippen LogP contribution in [0.5, 0.6) is 5.75 Å². The summed E-state index contributed by atoms with van der Waals surface area (Å²) in [7, 11) is -3.97. The third kappa shape index (κ3) is 6.17. The first-order valence-corrected chi connectivity index (χ1v) is 12.9. The number of ether oxygens (including phenoxy) is 1. The number of carbonyl (C=O) groups is 1. The minimum absolute atomic E-state index is 0.128. The first-order chi connectivity index (χ1) is 16.2. The lowest BCUT2D eigenvalue weighted by molar-refractivity contribution is -0.120. The van der Waals surface area contributed by atoms with E-state index in [0.29, 0.717) is 18.0 Å². The van der Waals surface area contributed by atoms with Crippen LogP contribution in [0.15, 0.2) is 77.7 Å². The number of nitrogens with one attached hydrogen (secondary N) is 1. The van der Waals surface area contributed by atoms with Gasteiger partial charge in [-0.15, -0.1) is 0 Å². The molecule has 0 saturated heterocycles. The maximum atomic E-state index is 13.5. The zero-order valence-corrected chi connectivity index (χ0v) is 20.9. The smallest absolute Gasteiger partial charge is 0.264 e. The van der Waals surface area contributed by atoms with Gasteiger partial charge in [-0.2, -0.15) is 0 Å². The van der Waals surface area contributed by atoms with E-state index in [1.54, 1.807) is 48.5 Å². The van der Waals surface area contributed by atoms with Crippen LogP contribution in [0.25, 0.3) is 0 Å². The molecule has 1 amide bonds. The van der Waals surface area contributed by atoms with Gasteiger partial charge in [0.2, 0.25) is 5.91 Å². The van der Waals surface area contributed by atoms with Crippen molar-refractivity contribution in [2.45, 2.75) is 45.1 Å². The number of nitrogens with zero attached hydrogens (tertiary/aromatic N) is 1. The van der Waals surface area contributed by atoms with E-state index in [1.807, 2.05) is 45.0 Å². The van der Waals surface area contributed by atoms with E-state index in [1.165, 1.54) is 5.56 Å². The molecule has 1 N–H and O–H groups in total. The van der Waals surface area contributed by atoms with Crippen molar-refractivity contribution in [3.63, 3.8) is 0 Å². The van der Waals surface area contributed by atoms with Crippen molar-refractivity contribution in [3.05, 3.63) is 89.5 Å². The van der Waals surface area contributed by atoms with Crippen LogP contribution in [0, 0.1) is 6.92 Å². The lowest BCUT2D eigenvalue weighted by Gasteiger charge is -2.25. The highest BCUT2D eigenvalue weighted by Gasteiger charge is 2.27. The van der Waals surface area contributed by atoms with E-state index in [2.05, 4.69) is 12.2 Å². The van der Waals surface area contributed by atoms with Crippen molar-refractivity contribution in [1.82, 2.24) is 5.32 Å². The molecule has 1 atom stereocenters. The Bertz CT molecular complexity index is 1190. The van der Waals surface area contributed by atoms with Gasteiger partial charge >= 0.3 is 0 Å². The van der Waals surface area contributed by atoms with Crippen molar-refractivity contribution < 1.29 is 17.9 Å². The minimum atomic E-state index is -3.97. The molecule has 0 spiro atoms. The normalized spacial score (nSPS) is 12.1. The molecule has 0 bridgehead atoms. The summed E-state index contributed by atoms with van der Waals surface area (Å²) in [5.41, 5.74) is 3.51. The molecule has 0 fully saturated rings. The molecule has 7 heteroatoms. The molecular weight excluding hydrogens is 448 g/mol. The molecule has 3 aromatic carbocycles. The predicted octanol–water partition coefficient (Wildman–Crippen LogP) is 5.03. The van der Waals surface area contributed by atoms with Crippen LogP contribution >= 0.6 is 0 Å². The van der Waals surface area contributed by atoms with Crippen LogP contribution in [-0.4, -0.2) is 27.5 Å². The summed E-state index contributed by atoms with van der Waals surface area (Å²) in [5.74, 6) is 0.240. The minimum Gasteiger partial charge on any atom is -0.494 e. The van der Waals surface area contributed by atoms with Crippen LogP contribution in [0.4, 0.5) is 5.69 Å². The monoisotopic (exact) mass is 480 g/mol. The molecule has 6 nitrogen and oxygen atoms in total. The highest BCUT2D eigenvalue weighted by atomic mass is 32.2. The SMILES string of the molecule is CCOc1ccc(N(CC(=O)N[C@H](C)c2ccc(CC)cc2)S(=O)(=O)c2ccc(C)cc2)cc1. The van der Waals surface area contributed by atoms with Crippen molar-refractivity contribution in [3.8, 4) is 5.75 Å².